The molecule has 0 atom stereocenters. The zero-order chi connectivity index (χ0) is 18.0. The van der Waals surface area contributed by atoms with Crippen molar-refractivity contribution >= 4 is 34.5 Å². The Kier molecular flexibility index (Phi) is 4.80. The number of nitrogens with one attached hydrogen (secondary N) is 1. The Hall–Kier alpha value is -2.35. The van der Waals surface area contributed by atoms with Crippen LogP contribution in [-0.4, -0.2) is 26.8 Å². The Bertz CT molecular complexity index is 895. The van der Waals surface area contributed by atoms with Gasteiger partial charge in [-0.15, -0.1) is 11.8 Å². The molecule has 7 nitrogen and oxygen atoms in total. The lowest BCUT2D eigenvalue weighted by atomic mass is 9.97. The maximum absolute atomic E-state index is 12.1. The first kappa shape index (κ1) is 17.5. The van der Waals surface area contributed by atoms with Crippen LogP contribution < -0.4 is 5.32 Å². The van der Waals surface area contributed by atoms with Gasteiger partial charge in [0, 0.05) is 18.0 Å². The summed E-state index contributed by atoms with van der Waals surface area (Å²) in [7, 11) is 0. The number of aromatic nitrogens is 3. The van der Waals surface area contributed by atoms with Crippen molar-refractivity contribution in [1.82, 2.24) is 15.1 Å². The standard InChI is InChI=1S/C17H20N4O3S/c1-10-18-14(21-24-10)8-25-9-15(22)19-11-5-6-13-12(7-11)20-16(23-13)17(2,3)4/h5-7H,8-9H2,1-4H3,(H,19,22). The number of anilines is 1. The van der Waals surface area contributed by atoms with E-state index in [9.17, 15) is 4.79 Å². The molecule has 8 heteroatoms. The Labute approximate surface area is 149 Å². The molecule has 3 aromatic rings. The van der Waals surface area contributed by atoms with Crippen LogP contribution in [0.3, 0.4) is 0 Å². The fraction of sp³-hybridized carbons (Fsp3) is 0.412. The van der Waals surface area contributed by atoms with E-state index in [-0.39, 0.29) is 11.3 Å². The van der Waals surface area contributed by atoms with Gasteiger partial charge in [0.1, 0.15) is 5.52 Å². The number of aryl methyl sites for hydroxylation is 1. The summed E-state index contributed by atoms with van der Waals surface area (Å²) in [5, 5.41) is 6.66. The predicted octanol–water partition coefficient (Wildman–Crippen LogP) is 3.69. The number of benzene rings is 1. The van der Waals surface area contributed by atoms with Gasteiger partial charge in [0.25, 0.3) is 0 Å². The van der Waals surface area contributed by atoms with Crippen LogP contribution in [0.25, 0.3) is 11.1 Å². The largest absolute Gasteiger partial charge is 0.440 e. The quantitative estimate of drug-likeness (QED) is 0.741. The van der Waals surface area contributed by atoms with Gasteiger partial charge in [-0.1, -0.05) is 25.9 Å². The van der Waals surface area contributed by atoms with Gasteiger partial charge in [-0.2, -0.15) is 4.98 Å². The molecule has 0 fully saturated rings. The van der Waals surface area contributed by atoms with E-state index in [1.807, 2.05) is 39.0 Å². The number of carbonyl (C=O) groups excluding carboxylic acids is 1. The molecular formula is C17H20N4O3S. The lowest BCUT2D eigenvalue weighted by molar-refractivity contribution is -0.113. The molecule has 1 amide bonds. The third kappa shape index (κ3) is 4.39. The number of carbonyl (C=O) groups is 1. The number of oxazole rings is 1. The summed E-state index contributed by atoms with van der Waals surface area (Å²) in [6, 6.07) is 5.45. The molecule has 0 radical (unpaired) electrons. The van der Waals surface area contributed by atoms with E-state index in [1.165, 1.54) is 11.8 Å². The van der Waals surface area contributed by atoms with Crippen LogP contribution in [0, 0.1) is 6.92 Å². The van der Waals surface area contributed by atoms with Gasteiger partial charge in [-0.05, 0) is 18.2 Å². The zero-order valence-electron chi connectivity index (χ0n) is 14.6. The van der Waals surface area contributed by atoms with Crippen LogP contribution in [-0.2, 0) is 16.0 Å². The normalized spacial score (nSPS) is 11.8. The minimum absolute atomic E-state index is 0.0934. The van der Waals surface area contributed by atoms with Crippen molar-refractivity contribution in [3.05, 3.63) is 35.8 Å². The van der Waals surface area contributed by atoms with E-state index in [0.717, 1.165) is 5.52 Å². The average molecular weight is 360 g/mol. The van der Waals surface area contributed by atoms with Crippen molar-refractivity contribution in [2.45, 2.75) is 38.9 Å². The zero-order valence-corrected chi connectivity index (χ0v) is 15.4. The highest BCUT2D eigenvalue weighted by Gasteiger charge is 2.21. The van der Waals surface area contributed by atoms with Crippen LogP contribution in [0.15, 0.2) is 27.1 Å². The molecule has 2 heterocycles. The Morgan fingerprint density at radius 2 is 2.08 bits per heavy atom. The summed E-state index contributed by atoms with van der Waals surface area (Å²) >= 11 is 1.43. The van der Waals surface area contributed by atoms with Gasteiger partial charge < -0.3 is 14.3 Å². The van der Waals surface area contributed by atoms with Crippen molar-refractivity contribution in [3.63, 3.8) is 0 Å². The first-order chi connectivity index (χ1) is 11.8. The fourth-order valence-electron chi connectivity index (χ4n) is 2.16. The Morgan fingerprint density at radius 3 is 2.76 bits per heavy atom. The lowest BCUT2D eigenvalue weighted by Crippen LogP contribution is -2.14. The molecule has 2 aromatic heterocycles. The third-order valence-corrected chi connectivity index (χ3v) is 4.28. The van der Waals surface area contributed by atoms with Crippen molar-refractivity contribution in [3.8, 4) is 0 Å². The molecule has 0 saturated heterocycles. The van der Waals surface area contributed by atoms with Gasteiger partial charge in [-0.25, -0.2) is 4.98 Å². The summed E-state index contributed by atoms with van der Waals surface area (Å²) in [6.45, 7) is 7.87. The molecule has 0 aliphatic carbocycles. The lowest BCUT2D eigenvalue weighted by Gasteiger charge is -2.11. The summed E-state index contributed by atoms with van der Waals surface area (Å²) in [4.78, 5) is 20.7. The van der Waals surface area contributed by atoms with Crippen molar-refractivity contribution < 1.29 is 13.7 Å². The first-order valence-corrected chi connectivity index (χ1v) is 9.04. The first-order valence-electron chi connectivity index (χ1n) is 7.89. The highest BCUT2D eigenvalue weighted by atomic mass is 32.2. The summed E-state index contributed by atoms with van der Waals surface area (Å²) in [5.41, 5.74) is 1.98. The molecule has 25 heavy (non-hydrogen) atoms. The third-order valence-electron chi connectivity index (χ3n) is 3.35. The molecule has 0 bridgehead atoms. The van der Waals surface area contributed by atoms with Crippen molar-refractivity contribution in [2.24, 2.45) is 0 Å². The van der Waals surface area contributed by atoms with Gasteiger partial charge in [0.2, 0.25) is 17.7 Å². The number of hydrogen-bond donors (Lipinski definition) is 1. The number of rotatable bonds is 5. The maximum Gasteiger partial charge on any atom is 0.234 e. The molecule has 0 aliphatic rings. The topological polar surface area (TPSA) is 94.1 Å². The second kappa shape index (κ2) is 6.87. The van der Waals surface area contributed by atoms with Crippen molar-refractivity contribution in [1.29, 1.82) is 0 Å². The van der Waals surface area contributed by atoms with Crippen LogP contribution in [0.5, 0.6) is 0 Å². The minimum atomic E-state index is -0.160. The van der Waals surface area contributed by atoms with Gasteiger partial charge >= 0.3 is 0 Å². The number of thioether (sulfide) groups is 1. The monoisotopic (exact) mass is 360 g/mol. The predicted molar refractivity (Wildman–Crippen MR) is 96.5 cm³/mol. The Balaban J connectivity index is 1.59. The Morgan fingerprint density at radius 1 is 1.28 bits per heavy atom. The molecule has 0 unspecified atom stereocenters. The molecular weight excluding hydrogens is 340 g/mol. The molecule has 1 aromatic carbocycles. The number of amides is 1. The van der Waals surface area contributed by atoms with Crippen molar-refractivity contribution in [2.75, 3.05) is 11.1 Å². The van der Waals surface area contributed by atoms with Crippen LogP contribution in [0.2, 0.25) is 0 Å². The second-order valence-corrected chi connectivity index (χ2v) is 7.71. The molecule has 0 spiro atoms. The average Bonchev–Trinajstić information content (AvgIpc) is 3.12. The second-order valence-electron chi connectivity index (χ2n) is 6.72. The smallest absolute Gasteiger partial charge is 0.234 e. The van der Waals surface area contributed by atoms with E-state index >= 15 is 0 Å². The highest BCUT2D eigenvalue weighted by Crippen LogP contribution is 2.27. The van der Waals surface area contributed by atoms with Gasteiger partial charge in [-0.3, -0.25) is 4.79 Å². The minimum Gasteiger partial charge on any atom is -0.440 e. The maximum atomic E-state index is 12.1. The number of fused-ring (bicyclic) bond motifs is 1. The number of hydrogen-bond acceptors (Lipinski definition) is 7. The fourth-order valence-corrected chi connectivity index (χ4v) is 2.82. The van der Waals surface area contributed by atoms with E-state index in [2.05, 4.69) is 20.4 Å². The van der Waals surface area contributed by atoms with Crippen LogP contribution in [0.4, 0.5) is 5.69 Å². The highest BCUT2D eigenvalue weighted by molar-refractivity contribution is 7.99. The van der Waals surface area contributed by atoms with Gasteiger partial charge in [0.15, 0.2) is 11.4 Å². The summed E-state index contributed by atoms with van der Waals surface area (Å²) in [6.07, 6.45) is 0. The SMILES string of the molecule is Cc1nc(CSCC(=O)Nc2ccc3oc(C(C)(C)C)nc3c2)no1. The molecule has 1 N–H and O–H groups in total. The van der Waals surface area contributed by atoms with Crippen LogP contribution >= 0.6 is 11.8 Å². The molecule has 3 rings (SSSR count). The van der Waals surface area contributed by atoms with E-state index < -0.39 is 0 Å². The molecule has 0 saturated carbocycles. The summed E-state index contributed by atoms with van der Waals surface area (Å²) < 4.78 is 10.7. The van der Waals surface area contributed by atoms with Crippen LogP contribution in [0.1, 0.15) is 38.4 Å². The van der Waals surface area contributed by atoms with E-state index in [1.54, 1.807) is 6.92 Å². The number of nitrogens with zero attached hydrogens (tertiary/aromatic N) is 3. The summed E-state index contributed by atoms with van der Waals surface area (Å²) in [5.74, 6) is 2.53. The van der Waals surface area contributed by atoms with Gasteiger partial charge in [0.05, 0.1) is 11.5 Å². The molecule has 132 valence electrons. The van der Waals surface area contributed by atoms with E-state index in [4.69, 9.17) is 8.94 Å². The molecule has 0 aliphatic heterocycles. The van der Waals surface area contributed by atoms with E-state index in [0.29, 0.717) is 40.4 Å².